The first kappa shape index (κ1) is 13.3. The topological polar surface area (TPSA) is 29.3 Å². The number of hydrogen-bond acceptors (Lipinski definition) is 2. The predicted octanol–water partition coefficient (Wildman–Crippen LogP) is 2.95. The van der Waals surface area contributed by atoms with Crippen LogP contribution in [0.25, 0.3) is 0 Å². The Kier molecular flexibility index (Phi) is 3.62. The van der Waals surface area contributed by atoms with Gasteiger partial charge in [0.25, 0.3) is 0 Å². The summed E-state index contributed by atoms with van der Waals surface area (Å²) in [6.07, 6.45) is 1.84. The maximum atomic E-state index is 14.1. The number of halogens is 1. The van der Waals surface area contributed by atoms with E-state index >= 15 is 0 Å². The molecular formula is C15H23FN2. The molecule has 0 radical (unpaired) electrons. The Hall–Kier alpha value is -1.09. The SMILES string of the molecule is CC(N)Cc1ccc(N2CCC(C)(C)C2)c(F)c1. The molecule has 18 heavy (non-hydrogen) atoms. The Bertz CT molecular complexity index is 427. The molecule has 3 heteroatoms. The van der Waals surface area contributed by atoms with Gasteiger partial charge in [-0.15, -0.1) is 0 Å². The third kappa shape index (κ3) is 3.02. The lowest BCUT2D eigenvalue weighted by Gasteiger charge is -2.22. The molecule has 2 rings (SSSR count). The maximum Gasteiger partial charge on any atom is 0.146 e. The monoisotopic (exact) mass is 250 g/mol. The standard InChI is InChI=1S/C15H23FN2/c1-11(17)8-12-4-5-14(13(16)9-12)18-7-6-15(2,3)10-18/h4-5,9,11H,6-8,10,17H2,1-3H3. The largest absolute Gasteiger partial charge is 0.369 e. The molecule has 0 spiro atoms. The van der Waals surface area contributed by atoms with E-state index in [1.54, 1.807) is 6.07 Å². The van der Waals surface area contributed by atoms with Crippen molar-refractivity contribution in [3.05, 3.63) is 29.6 Å². The Morgan fingerprint density at radius 3 is 2.67 bits per heavy atom. The van der Waals surface area contributed by atoms with Crippen molar-refractivity contribution in [3.8, 4) is 0 Å². The van der Waals surface area contributed by atoms with Crippen molar-refractivity contribution in [2.24, 2.45) is 11.1 Å². The minimum atomic E-state index is -0.120. The van der Waals surface area contributed by atoms with Crippen LogP contribution in [0.5, 0.6) is 0 Å². The lowest BCUT2D eigenvalue weighted by molar-refractivity contribution is 0.418. The fraction of sp³-hybridized carbons (Fsp3) is 0.600. The van der Waals surface area contributed by atoms with Gasteiger partial charge in [-0.25, -0.2) is 4.39 Å². The first-order valence-electron chi connectivity index (χ1n) is 6.66. The number of rotatable bonds is 3. The Morgan fingerprint density at radius 2 is 2.17 bits per heavy atom. The van der Waals surface area contributed by atoms with Gasteiger partial charge < -0.3 is 10.6 Å². The molecule has 100 valence electrons. The van der Waals surface area contributed by atoms with E-state index in [4.69, 9.17) is 5.73 Å². The molecule has 0 saturated carbocycles. The Morgan fingerprint density at radius 1 is 1.44 bits per heavy atom. The molecule has 1 fully saturated rings. The van der Waals surface area contributed by atoms with Gasteiger partial charge >= 0.3 is 0 Å². The second-order valence-corrected chi connectivity index (χ2v) is 6.30. The lowest BCUT2D eigenvalue weighted by atomic mass is 9.93. The highest BCUT2D eigenvalue weighted by Crippen LogP contribution is 2.33. The van der Waals surface area contributed by atoms with Crippen LogP contribution < -0.4 is 10.6 Å². The zero-order valence-electron chi connectivity index (χ0n) is 11.5. The van der Waals surface area contributed by atoms with Gasteiger partial charge in [0.1, 0.15) is 5.82 Å². The molecule has 0 aliphatic carbocycles. The second-order valence-electron chi connectivity index (χ2n) is 6.30. The van der Waals surface area contributed by atoms with Gasteiger partial charge in [0.05, 0.1) is 5.69 Å². The van der Waals surface area contributed by atoms with Crippen molar-refractivity contribution in [2.75, 3.05) is 18.0 Å². The zero-order chi connectivity index (χ0) is 13.3. The third-order valence-electron chi connectivity index (χ3n) is 3.59. The molecular weight excluding hydrogens is 227 g/mol. The van der Waals surface area contributed by atoms with Crippen LogP contribution >= 0.6 is 0 Å². The lowest BCUT2D eigenvalue weighted by Crippen LogP contribution is -2.24. The Labute approximate surface area is 109 Å². The number of benzene rings is 1. The van der Waals surface area contributed by atoms with Crippen molar-refractivity contribution in [2.45, 2.75) is 39.7 Å². The number of nitrogens with two attached hydrogens (primary N) is 1. The van der Waals surface area contributed by atoms with Crippen molar-refractivity contribution < 1.29 is 4.39 Å². The van der Waals surface area contributed by atoms with E-state index in [0.717, 1.165) is 37.2 Å². The van der Waals surface area contributed by atoms with E-state index in [0.29, 0.717) is 0 Å². The van der Waals surface area contributed by atoms with E-state index < -0.39 is 0 Å². The minimum absolute atomic E-state index is 0.0703. The van der Waals surface area contributed by atoms with Gasteiger partial charge in [-0.2, -0.15) is 0 Å². The number of anilines is 1. The Balaban J connectivity index is 2.15. The van der Waals surface area contributed by atoms with Crippen LogP contribution in [0.1, 0.15) is 32.8 Å². The number of nitrogens with zero attached hydrogens (tertiary/aromatic N) is 1. The van der Waals surface area contributed by atoms with Crippen LogP contribution in [-0.2, 0) is 6.42 Å². The average molecular weight is 250 g/mol. The summed E-state index contributed by atoms with van der Waals surface area (Å²) in [4.78, 5) is 2.14. The van der Waals surface area contributed by atoms with Crippen LogP contribution in [0, 0.1) is 11.2 Å². The predicted molar refractivity (Wildman–Crippen MR) is 74.4 cm³/mol. The molecule has 0 bridgehead atoms. The maximum absolute atomic E-state index is 14.1. The fourth-order valence-electron chi connectivity index (χ4n) is 2.62. The van der Waals surface area contributed by atoms with Crippen molar-refractivity contribution >= 4 is 5.69 Å². The van der Waals surface area contributed by atoms with E-state index in [-0.39, 0.29) is 17.3 Å². The van der Waals surface area contributed by atoms with Gasteiger partial charge in [-0.3, -0.25) is 0 Å². The molecule has 1 aliphatic rings. The molecule has 1 aromatic carbocycles. The molecule has 0 aromatic heterocycles. The van der Waals surface area contributed by atoms with Crippen LogP contribution in [0.3, 0.4) is 0 Å². The summed E-state index contributed by atoms with van der Waals surface area (Å²) in [5.74, 6) is -0.120. The van der Waals surface area contributed by atoms with Crippen LogP contribution in [-0.4, -0.2) is 19.1 Å². The molecule has 0 amide bonds. The molecule has 2 nitrogen and oxygen atoms in total. The summed E-state index contributed by atoms with van der Waals surface area (Å²) >= 11 is 0. The summed E-state index contributed by atoms with van der Waals surface area (Å²) in [5.41, 5.74) is 7.73. The summed E-state index contributed by atoms with van der Waals surface area (Å²) in [6.45, 7) is 8.27. The summed E-state index contributed by atoms with van der Waals surface area (Å²) in [7, 11) is 0. The zero-order valence-corrected chi connectivity index (χ0v) is 11.5. The van der Waals surface area contributed by atoms with Crippen LogP contribution in [0.2, 0.25) is 0 Å². The molecule has 1 atom stereocenters. The molecule has 1 aliphatic heterocycles. The van der Waals surface area contributed by atoms with E-state index in [1.165, 1.54) is 0 Å². The molecule has 2 N–H and O–H groups in total. The minimum Gasteiger partial charge on any atom is -0.369 e. The average Bonchev–Trinajstić information content (AvgIpc) is 2.58. The molecule has 1 heterocycles. The summed E-state index contributed by atoms with van der Waals surface area (Å²) < 4.78 is 14.1. The van der Waals surface area contributed by atoms with Crippen LogP contribution in [0.4, 0.5) is 10.1 Å². The van der Waals surface area contributed by atoms with Crippen molar-refractivity contribution in [3.63, 3.8) is 0 Å². The van der Waals surface area contributed by atoms with E-state index in [1.807, 2.05) is 19.1 Å². The quantitative estimate of drug-likeness (QED) is 0.893. The van der Waals surface area contributed by atoms with E-state index in [9.17, 15) is 4.39 Å². The highest BCUT2D eigenvalue weighted by Gasteiger charge is 2.30. The van der Waals surface area contributed by atoms with E-state index in [2.05, 4.69) is 18.7 Å². The summed E-state index contributed by atoms with van der Waals surface area (Å²) in [5, 5.41) is 0. The third-order valence-corrected chi connectivity index (χ3v) is 3.59. The first-order valence-corrected chi connectivity index (χ1v) is 6.66. The highest BCUT2D eigenvalue weighted by molar-refractivity contribution is 5.50. The first-order chi connectivity index (χ1) is 8.37. The van der Waals surface area contributed by atoms with Crippen molar-refractivity contribution in [1.29, 1.82) is 0 Å². The number of hydrogen-bond donors (Lipinski definition) is 1. The molecule has 1 aromatic rings. The molecule has 1 saturated heterocycles. The van der Waals surface area contributed by atoms with Gasteiger partial charge in [0.2, 0.25) is 0 Å². The van der Waals surface area contributed by atoms with Gasteiger partial charge in [0.15, 0.2) is 0 Å². The fourth-order valence-corrected chi connectivity index (χ4v) is 2.62. The van der Waals surface area contributed by atoms with Gasteiger partial charge in [-0.1, -0.05) is 19.9 Å². The second kappa shape index (κ2) is 4.88. The normalized spacial score (nSPS) is 20.2. The smallest absolute Gasteiger partial charge is 0.146 e. The van der Waals surface area contributed by atoms with Gasteiger partial charge in [0, 0.05) is 19.1 Å². The highest BCUT2D eigenvalue weighted by atomic mass is 19.1. The van der Waals surface area contributed by atoms with Crippen LogP contribution in [0.15, 0.2) is 18.2 Å². The van der Waals surface area contributed by atoms with Gasteiger partial charge in [-0.05, 0) is 42.9 Å². The summed E-state index contributed by atoms with van der Waals surface area (Å²) in [6, 6.07) is 5.59. The molecule has 1 unspecified atom stereocenters. The van der Waals surface area contributed by atoms with Crippen molar-refractivity contribution in [1.82, 2.24) is 0 Å².